The first kappa shape index (κ1) is 32.3. The lowest BCUT2D eigenvalue weighted by Gasteiger charge is -2.45. The number of urea groups is 1. The van der Waals surface area contributed by atoms with Gasteiger partial charge >= 0.3 is 18.2 Å². The Balaban J connectivity index is 1.40. The number of carbonyl (C=O) groups excluding carboxylic acids is 1. The van der Waals surface area contributed by atoms with Gasteiger partial charge in [0.05, 0.1) is 30.9 Å². The molecule has 0 spiro atoms. The predicted octanol–water partition coefficient (Wildman–Crippen LogP) is 5.64. The summed E-state index contributed by atoms with van der Waals surface area (Å²) in [6, 6.07) is 10.6. The number of benzene rings is 1. The number of carbonyl (C=O) groups is 1. The number of halogens is 3. The number of hydrogen-bond acceptors (Lipinski definition) is 10. The lowest BCUT2D eigenvalue weighted by Crippen LogP contribution is -2.61. The summed E-state index contributed by atoms with van der Waals surface area (Å²) in [5.74, 6) is 0.133. The van der Waals surface area contributed by atoms with E-state index in [0.29, 0.717) is 24.1 Å². The third-order valence-electron chi connectivity index (χ3n) is 8.07. The van der Waals surface area contributed by atoms with Gasteiger partial charge in [-0.25, -0.2) is 29.7 Å². The minimum Gasteiger partial charge on any atom is -0.467 e. The minimum absolute atomic E-state index is 0.0816. The van der Waals surface area contributed by atoms with Crippen molar-refractivity contribution in [1.29, 1.82) is 0 Å². The lowest BCUT2D eigenvalue weighted by molar-refractivity contribution is -0.137. The highest BCUT2D eigenvalue weighted by Gasteiger charge is 2.44. The van der Waals surface area contributed by atoms with Gasteiger partial charge in [0.1, 0.15) is 16.9 Å². The molecule has 48 heavy (non-hydrogen) atoms. The molecule has 4 aromatic heterocycles. The molecule has 13 nitrogen and oxygen atoms in total. The molecule has 5 aromatic rings. The molecule has 1 aliphatic rings. The number of aromatic nitrogens is 8. The summed E-state index contributed by atoms with van der Waals surface area (Å²) in [6.45, 7) is 0.225. The Bertz CT molecular complexity index is 1840. The Labute approximate surface area is 273 Å². The van der Waals surface area contributed by atoms with E-state index in [4.69, 9.17) is 4.74 Å². The summed E-state index contributed by atoms with van der Waals surface area (Å²) in [6.07, 6.45) is 6.72. The van der Waals surface area contributed by atoms with Crippen LogP contribution in [0.5, 0.6) is 6.01 Å². The van der Waals surface area contributed by atoms with Crippen LogP contribution in [0.3, 0.4) is 0 Å². The molecule has 0 aliphatic heterocycles. The number of anilines is 2. The zero-order chi connectivity index (χ0) is 33.7. The van der Waals surface area contributed by atoms with Gasteiger partial charge in [-0.3, -0.25) is 14.6 Å². The van der Waals surface area contributed by atoms with Gasteiger partial charge in [-0.15, -0.1) is 0 Å². The fourth-order valence-electron chi connectivity index (χ4n) is 5.71. The van der Waals surface area contributed by atoms with E-state index >= 15 is 0 Å². The Morgan fingerprint density at radius 2 is 1.71 bits per heavy atom. The predicted molar refractivity (Wildman–Crippen MR) is 169 cm³/mol. The largest absolute Gasteiger partial charge is 0.467 e. The standard InChI is InChI=1S/C32H32F3N11O2/c1-45-25(11-14-42-45)27-23(32(33,34)35)18-38-28(43-27)44-31(12-7-4-8-13-31)46(30(47)41-15-21-9-5-3-6-10-21)26-20-36-24(19-37-26)22-16-39-29(48-2)40-17-22/h3,5-6,9-11,14,16-20H,4,7-8,12-13,15H2,1-2H3,(H,41,47)(H,38,43,44). The summed E-state index contributed by atoms with van der Waals surface area (Å²) in [5, 5.41) is 10.3. The average molecular weight is 660 g/mol. The number of alkyl halides is 3. The normalized spacial score (nSPS) is 14.3. The number of amides is 2. The van der Waals surface area contributed by atoms with E-state index in [2.05, 4.69) is 45.6 Å². The summed E-state index contributed by atoms with van der Waals surface area (Å²) in [7, 11) is 3.00. The highest BCUT2D eigenvalue weighted by atomic mass is 19.4. The number of aryl methyl sites for hydroxylation is 1. The molecule has 2 amide bonds. The number of rotatable bonds is 9. The number of methoxy groups -OCH3 is 1. The molecule has 1 aromatic carbocycles. The van der Waals surface area contributed by atoms with E-state index in [0.717, 1.165) is 31.0 Å². The molecule has 6 rings (SSSR count). The molecule has 0 bridgehead atoms. The second-order valence-corrected chi connectivity index (χ2v) is 11.2. The van der Waals surface area contributed by atoms with Crippen molar-refractivity contribution in [1.82, 2.24) is 45.0 Å². The molecule has 0 atom stereocenters. The van der Waals surface area contributed by atoms with E-state index in [9.17, 15) is 18.0 Å². The molecule has 16 heteroatoms. The van der Waals surface area contributed by atoms with Gasteiger partial charge in [0.25, 0.3) is 0 Å². The van der Waals surface area contributed by atoms with Crippen molar-refractivity contribution >= 4 is 17.8 Å². The Hall–Kier alpha value is -5.67. The van der Waals surface area contributed by atoms with Gasteiger partial charge in [-0.05, 0) is 37.3 Å². The van der Waals surface area contributed by atoms with Crippen LogP contribution in [0, 0.1) is 0 Å². The molecular weight excluding hydrogens is 627 g/mol. The second kappa shape index (κ2) is 13.6. The minimum atomic E-state index is -4.71. The maximum absolute atomic E-state index is 14.2. The second-order valence-electron chi connectivity index (χ2n) is 11.2. The molecule has 2 N–H and O–H groups in total. The van der Waals surface area contributed by atoms with Crippen LogP contribution in [-0.2, 0) is 19.8 Å². The van der Waals surface area contributed by atoms with Crippen LogP contribution in [0.4, 0.5) is 29.7 Å². The van der Waals surface area contributed by atoms with Crippen LogP contribution in [-0.4, -0.2) is 58.5 Å². The van der Waals surface area contributed by atoms with Crippen LogP contribution >= 0.6 is 0 Å². The van der Waals surface area contributed by atoms with Crippen molar-refractivity contribution in [3.05, 3.63) is 84.7 Å². The molecule has 0 saturated heterocycles. The van der Waals surface area contributed by atoms with Gasteiger partial charge in [-0.1, -0.05) is 36.8 Å². The highest BCUT2D eigenvalue weighted by molar-refractivity contribution is 5.93. The number of nitrogens with one attached hydrogen (secondary N) is 2. The van der Waals surface area contributed by atoms with Gasteiger partial charge in [-0.2, -0.15) is 18.3 Å². The summed E-state index contributed by atoms with van der Waals surface area (Å²) in [4.78, 5) is 41.5. The molecule has 4 heterocycles. The van der Waals surface area contributed by atoms with Crippen LogP contribution in [0.15, 0.2) is 73.6 Å². The van der Waals surface area contributed by atoms with Crippen LogP contribution in [0.1, 0.15) is 43.2 Å². The Morgan fingerprint density at radius 3 is 2.33 bits per heavy atom. The summed E-state index contributed by atoms with van der Waals surface area (Å²) >= 11 is 0. The number of ether oxygens (including phenoxy) is 1. The topological polar surface area (TPSA) is 149 Å². The molecule has 1 fully saturated rings. The molecule has 248 valence electrons. The molecular formula is C32H32F3N11O2. The fourth-order valence-corrected chi connectivity index (χ4v) is 5.71. The highest BCUT2D eigenvalue weighted by Crippen LogP contribution is 2.39. The zero-order valence-corrected chi connectivity index (χ0v) is 26.1. The van der Waals surface area contributed by atoms with Crippen LogP contribution in [0.2, 0.25) is 0 Å². The smallest absolute Gasteiger partial charge is 0.420 e. The molecule has 0 radical (unpaired) electrons. The maximum Gasteiger partial charge on any atom is 0.420 e. The average Bonchev–Trinajstić information content (AvgIpc) is 3.53. The maximum atomic E-state index is 14.2. The first-order valence-corrected chi connectivity index (χ1v) is 15.2. The van der Waals surface area contributed by atoms with E-state index in [-0.39, 0.29) is 35.7 Å². The molecule has 0 unspecified atom stereocenters. The van der Waals surface area contributed by atoms with Crippen molar-refractivity contribution in [2.24, 2.45) is 7.05 Å². The van der Waals surface area contributed by atoms with Gasteiger partial charge in [0, 0.05) is 43.9 Å². The summed E-state index contributed by atoms with van der Waals surface area (Å²) < 4.78 is 48.6. The van der Waals surface area contributed by atoms with Crippen molar-refractivity contribution in [3.63, 3.8) is 0 Å². The molecule has 1 aliphatic carbocycles. The van der Waals surface area contributed by atoms with Gasteiger partial charge < -0.3 is 15.4 Å². The molecule has 1 saturated carbocycles. The van der Waals surface area contributed by atoms with Crippen molar-refractivity contribution < 1.29 is 22.7 Å². The van der Waals surface area contributed by atoms with Gasteiger partial charge in [0.15, 0.2) is 5.82 Å². The first-order chi connectivity index (χ1) is 23.2. The third-order valence-corrected chi connectivity index (χ3v) is 8.07. The van der Waals surface area contributed by atoms with Crippen LogP contribution < -0.4 is 20.3 Å². The summed E-state index contributed by atoms with van der Waals surface area (Å²) in [5.41, 5.74) is -0.421. The van der Waals surface area contributed by atoms with E-state index in [1.165, 1.54) is 48.4 Å². The van der Waals surface area contributed by atoms with Gasteiger partial charge in [0.2, 0.25) is 5.95 Å². The quantitative estimate of drug-likeness (QED) is 0.191. The Morgan fingerprint density at radius 1 is 0.958 bits per heavy atom. The number of nitrogens with zero attached hydrogens (tertiary/aromatic N) is 9. The van der Waals surface area contributed by atoms with Crippen molar-refractivity contribution in [2.75, 3.05) is 17.3 Å². The van der Waals surface area contributed by atoms with Crippen LogP contribution in [0.25, 0.3) is 22.6 Å². The first-order valence-electron chi connectivity index (χ1n) is 15.2. The van der Waals surface area contributed by atoms with E-state index in [1.54, 1.807) is 12.4 Å². The zero-order valence-electron chi connectivity index (χ0n) is 26.1. The monoisotopic (exact) mass is 659 g/mol. The van der Waals surface area contributed by atoms with E-state index < -0.39 is 23.4 Å². The Kier molecular flexibility index (Phi) is 9.14. The lowest BCUT2D eigenvalue weighted by atomic mass is 9.87. The van der Waals surface area contributed by atoms with Crippen molar-refractivity contribution in [3.8, 4) is 28.7 Å². The number of hydrogen-bond donors (Lipinski definition) is 2. The van der Waals surface area contributed by atoms with Crippen molar-refractivity contribution in [2.45, 2.75) is 50.5 Å². The third kappa shape index (κ3) is 6.86. The fraction of sp³-hybridized carbons (Fsp3) is 0.312. The SMILES string of the molecule is COc1ncc(-c2cnc(N(C(=O)NCc3ccccc3)C3(Nc4ncc(C(F)(F)F)c(-c5ccnn5C)n4)CCCCC3)cn2)cn1. The van der Waals surface area contributed by atoms with E-state index in [1.807, 2.05) is 30.3 Å².